The maximum atomic E-state index is 11.5. The van der Waals surface area contributed by atoms with E-state index in [4.69, 9.17) is 0 Å². The summed E-state index contributed by atoms with van der Waals surface area (Å²) in [5, 5.41) is 0. The van der Waals surface area contributed by atoms with Gasteiger partial charge in [0.05, 0.1) is 0 Å². The predicted molar refractivity (Wildman–Crippen MR) is 77.8 cm³/mol. The molecule has 1 rings (SSSR count). The number of hydrogen-bond acceptors (Lipinski definition) is 5. The second kappa shape index (κ2) is 8.40. The number of alkyl halides is 6. The van der Waals surface area contributed by atoms with Gasteiger partial charge in [-0.2, -0.15) is 26.3 Å². The molecule has 0 fully saturated rings. The lowest BCUT2D eigenvalue weighted by Crippen LogP contribution is -2.45. The highest BCUT2D eigenvalue weighted by Gasteiger charge is 2.55. The molecule has 0 aromatic carbocycles. The lowest BCUT2D eigenvalue weighted by molar-refractivity contribution is -0.0476. The number of hydrogen-bond donors (Lipinski definition) is 1. The van der Waals surface area contributed by atoms with Crippen molar-refractivity contribution in [3.05, 3.63) is 23.9 Å². The second-order valence-corrected chi connectivity index (χ2v) is 8.41. The van der Waals surface area contributed by atoms with E-state index in [-0.39, 0.29) is 0 Å². The normalized spacial score (nSPS) is 16.2. The standard InChI is InChI=1S/C9H15N.C2HF6NO4S2/c1-3-6-10-7-4-5-9(2)8-10;3-1(4,5)14(10,11)9-15(12,13)2(6,7)8/h4-5,7H,3,6,8H2,1-2H3;9H. The van der Waals surface area contributed by atoms with Gasteiger partial charge in [-0.25, -0.2) is 16.8 Å². The van der Waals surface area contributed by atoms with Crippen LogP contribution in [0.25, 0.3) is 0 Å². The maximum Gasteiger partial charge on any atom is 0.512 e. The Balaban J connectivity index is 0.000000496. The molecule has 1 N–H and O–H groups in total. The van der Waals surface area contributed by atoms with Crippen LogP contribution in [0.1, 0.15) is 20.3 Å². The zero-order valence-corrected chi connectivity index (χ0v) is 14.7. The van der Waals surface area contributed by atoms with Crippen LogP contribution in [0.3, 0.4) is 0 Å². The number of sulfonamides is 2. The Labute approximate surface area is 141 Å². The van der Waals surface area contributed by atoms with Crippen molar-refractivity contribution in [2.45, 2.75) is 31.3 Å². The molecule has 0 aromatic rings. The molecule has 0 spiro atoms. The van der Waals surface area contributed by atoms with Gasteiger partial charge in [0.2, 0.25) is 0 Å². The van der Waals surface area contributed by atoms with Gasteiger partial charge in [0.25, 0.3) is 0 Å². The van der Waals surface area contributed by atoms with Crippen LogP contribution < -0.4 is 4.13 Å². The van der Waals surface area contributed by atoms with Gasteiger partial charge in [0.1, 0.15) is 0 Å². The maximum absolute atomic E-state index is 11.5. The van der Waals surface area contributed by atoms with Crippen LogP contribution in [-0.2, 0) is 20.0 Å². The third-order valence-electron chi connectivity index (χ3n) is 2.47. The fraction of sp³-hybridized carbons (Fsp3) is 0.636. The van der Waals surface area contributed by atoms with Crippen LogP contribution >= 0.6 is 0 Å². The monoisotopic (exact) mass is 418 g/mol. The zero-order valence-electron chi connectivity index (χ0n) is 13.0. The topological polar surface area (TPSA) is 83.6 Å². The highest BCUT2D eigenvalue weighted by atomic mass is 32.3. The Morgan fingerprint density at radius 3 is 1.80 bits per heavy atom. The Bertz CT molecular complexity index is 666. The Morgan fingerprint density at radius 1 is 1.04 bits per heavy atom. The lowest BCUT2D eigenvalue weighted by atomic mass is 10.2. The third-order valence-corrected chi connectivity index (χ3v) is 5.44. The summed E-state index contributed by atoms with van der Waals surface area (Å²) >= 11 is 0. The average Bonchev–Trinajstić information content (AvgIpc) is 2.35. The first-order valence-electron chi connectivity index (χ1n) is 6.52. The van der Waals surface area contributed by atoms with E-state index in [2.05, 4.69) is 37.1 Å². The lowest BCUT2D eigenvalue weighted by Gasteiger charge is -2.22. The van der Waals surface area contributed by atoms with Gasteiger partial charge in [-0.1, -0.05) is 22.7 Å². The number of nitrogens with zero attached hydrogens (tertiary/aromatic N) is 1. The molecule has 0 amide bonds. The molecule has 0 bridgehead atoms. The van der Waals surface area contributed by atoms with Gasteiger partial charge in [0.15, 0.2) is 0 Å². The minimum atomic E-state index is -6.60. The second-order valence-electron chi connectivity index (χ2n) is 4.81. The van der Waals surface area contributed by atoms with Crippen LogP contribution in [0.4, 0.5) is 26.3 Å². The van der Waals surface area contributed by atoms with Crippen molar-refractivity contribution in [2.75, 3.05) is 13.1 Å². The summed E-state index contributed by atoms with van der Waals surface area (Å²) in [6.07, 6.45) is 7.69. The molecule has 1 aliphatic rings. The third kappa shape index (κ3) is 7.64. The Kier molecular flexibility index (Phi) is 7.97. The molecule has 0 radical (unpaired) electrons. The van der Waals surface area contributed by atoms with Crippen LogP contribution in [0.15, 0.2) is 23.9 Å². The molecule has 0 saturated heterocycles. The van der Waals surface area contributed by atoms with Gasteiger partial charge < -0.3 is 4.90 Å². The molecule has 0 atom stereocenters. The molecule has 1 heterocycles. The van der Waals surface area contributed by atoms with Crippen molar-refractivity contribution in [1.82, 2.24) is 9.03 Å². The fourth-order valence-corrected chi connectivity index (χ4v) is 3.35. The van der Waals surface area contributed by atoms with E-state index in [1.165, 1.54) is 18.5 Å². The molecule has 25 heavy (non-hydrogen) atoms. The van der Waals surface area contributed by atoms with E-state index >= 15 is 0 Å². The minimum absolute atomic E-state index is 0.493. The van der Waals surface area contributed by atoms with E-state index in [0.717, 1.165) is 6.54 Å². The summed E-state index contributed by atoms with van der Waals surface area (Å²) in [6.45, 7) is 6.68. The quantitative estimate of drug-likeness (QED) is 0.710. The SMILES string of the molecule is CCCN1C=CC=C(C)C1.O=S(=O)(NS(=O)(=O)C(F)(F)F)C(F)(F)F. The van der Waals surface area contributed by atoms with Crippen molar-refractivity contribution in [2.24, 2.45) is 0 Å². The molecule has 14 heteroatoms. The number of halogens is 6. The first-order valence-corrected chi connectivity index (χ1v) is 9.49. The highest BCUT2D eigenvalue weighted by molar-refractivity contribution is 8.05. The molecule has 0 saturated carbocycles. The molecular formula is C11H16F6N2O4S2. The van der Waals surface area contributed by atoms with Crippen LogP contribution in [0.2, 0.25) is 0 Å². The minimum Gasteiger partial charge on any atom is -0.373 e. The van der Waals surface area contributed by atoms with Crippen LogP contribution in [-0.4, -0.2) is 45.8 Å². The van der Waals surface area contributed by atoms with Crippen LogP contribution in [0, 0.1) is 0 Å². The van der Waals surface area contributed by atoms with Crippen LogP contribution in [0.5, 0.6) is 0 Å². The van der Waals surface area contributed by atoms with E-state index < -0.39 is 35.2 Å². The van der Waals surface area contributed by atoms with Crippen molar-refractivity contribution in [1.29, 1.82) is 0 Å². The molecule has 6 nitrogen and oxygen atoms in total. The Morgan fingerprint density at radius 2 is 1.48 bits per heavy atom. The number of nitrogens with one attached hydrogen (secondary N) is 1. The molecule has 148 valence electrons. The summed E-state index contributed by atoms with van der Waals surface area (Å²) in [5.74, 6) is 0. The van der Waals surface area contributed by atoms with E-state index in [1.54, 1.807) is 0 Å². The summed E-state index contributed by atoms with van der Waals surface area (Å²) in [7, 11) is -13.2. The smallest absolute Gasteiger partial charge is 0.373 e. The predicted octanol–water partition coefficient (Wildman–Crippen LogP) is 2.45. The summed E-state index contributed by atoms with van der Waals surface area (Å²) < 4.78 is 108. The zero-order chi connectivity index (χ0) is 20.1. The highest BCUT2D eigenvalue weighted by Crippen LogP contribution is 2.27. The summed E-state index contributed by atoms with van der Waals surface area (Å²) in [6, 6.07) is 0. The first-order chi connectivity index (χ1) is 11.0. The van der Waals surface area contributed by atoms with Crippen molar-refractivity contribution in [3.8, 4) is 0 Å². The van der Waals surface area contributed by atoms with Crippen molar-refractivity contribution >= 4 is 20.0 Å². The molecule has 0 unspecified atom stereocenters. The van der Waals surface area contributed by atoms with Gasteiger partial charge in [0, 0.05) is 13.1 Å². The molecule has 0 aromatic heterocycles. The number of allylic oxidation sites excluding steroid dienone is 2. The largest absolute Gasteiger partial charge is 0.512 e. The van der Waals surface area contributed by atoms with Gasteiger partial charge >= 0.3 is 31.1 Å². The average molecular weight is 418 g/mol. The van der Waals surface area contributed by atoms with E-state index in [9.17, 15) is 43.2 Å². The summed E-state index contributed by atoms with van der Waals surface area (Å²) in [5.41, 5.74) is -10.8. The van der Waals surface area contributed by atoms with Gasteiger partial charge in [-0.15, -0.1) is 0 Å². The van der Waals surface area contributed by atoms with Crippen molar-refractivity contribution < 1.29 is 43.2 Å². The van der Waals surface area contributed by atoms with Gasteiger partial charge in [-0.05, 0) is 25.6 Å². The Hall–Kier alpha value is -1.28. The molecular weight excluding hydrogens is 402 g/mol. The first kappa shape index (κ1) is 23.7. The van der Waals surface area contributed by atoms with E-state index in [0.29, 0.717) is 0 Å². The van der Waals surface area contributed by atoms with E-state index in [1.807, 2.05) is 0 Å². The van der Waals surface area contributed by atoms with Crippen molar-refractivity contribution in [3.63, 3.8) is 0 Å². The van der Waals surface area contributed by atoms with Gasteiger partial charge in [-0.3, -0.25) is 0 Å². The molecule has 0 aliphatic carbocycles. The summed E-state index contributed by atoms with van der Waals surface area (Å²) in [4.78, 5) is 2.34. The molecule has 1 aliphatic heterocycles. The fourth-order valence-electron chi connectivity index (χ4n) is 1.43. The number of rotatable bonds is 4.